The van der Waals surface area contributed by atoms with Crippen LogP contribution in [0.4, 0.5) is 0 Å². The lowest BCUT2D eigenvalue weighted by Gasteiger charge is -2.43. The zero-order valence-corrected chi connectivity index (χ0v) is 21.6. The average Bonchev–Trinajstić information content (AvgIpc) is 2.81. The molecule has 0 spiro atoms. The van der Waals surface area contributed by atoms with Crippen LogP contribution >= 0.6 is 23.4 Å². The number of nitrogens with zero attached hydrogens (tertiary/aromatic N) is 2. The Morgan fingerprint density at radius 3 is 2.79 bits per heavy atom. The van der Waals surface area contributed by atoms with E-state index in [1.54, 1.807) is 11.8 Å². The molecule has 0 radical (unpaired) electrons. The van der Waals surface area contributed by atoms with Crippen LogP contribution in [-0.4, -0.2) is 65.6 Å². The molecule has 1 saturated heterocycles. The molecule has 1 saturated carbocycles. The van der Waals surface area contributed by atoms with Gasteiger partial charge in [-0.15, -0.1) is 11.8 Å². The van der Waals surface area contributed by atoms with Gasteiger partial charge in [0.25, 0.3) is 5.91 Å². The van der Waals surface area contributed by atoms with E-state index in [9.17, 15) is 9.59 Å². The molecule has 2 amide bonds. The largest absolute Gasteiger partial charge is 0.355 e. The van der Waals surface area contributed by atoms with E-state index in [2.05, 4.69) is 24.1 Å². The number of halogens is 1. The summed E-state index contributed by atoms with van der Waals surface area (Å²) in [5, 5.41) is 4.06. The zero-order valence-electron chi connectivity index (χ0n) is 20.0. The number of fused-ring (bicyclic) bond motifs is 1. The van der Waals surface area contributed by atoms with Crippen molar-refractivity contribution in [3.63, 3.8) is 0 Å². The van der Waals surface area contributed by atoms with E-state index in [1.807, 2.05) is 35.2 Å². The Morgan fingerprint density at radius 1 is 1.24 bits per heavy atom. The first kappa shape index (κ1) is 26.1. The maximum absolute atomic E-state index is 13.4. The number of carbonyl (C=O) groups is 2. The molecule has 2 aliphatic rings. The minimum atomic E-state index is -0.0571. The molecule has 3 rings (SSSR count). The SMILES string of the molecule is CCCCN(CC)CCCNC(=O)CN1C(=O)/C(=C\c2cccc(Cl)c2)SC2CCCCC21. The van der Waals surface area contributed by atoms with Gasteiger partial charge in [0, 0.05) is 22.9 Å². The van der Waals surface area contributed by atoms with Gasteiger partial charge in [0.2, 0.25) is 5.91 Å². The highest BCUT2D eigenvalue weighted by molar-refractivity contribution is 8.04. The molecular weight excluding hydrogens is 454 g/mol. The third-order valence-electron chi connectivity index (χ3n) is 6.53. The van der Waals surface area contributed by atoms with E-state index < -0.39 is 0 Å². The molecule has 0 aromatic heterocycles. The van der Waals surface area contributed by atoms with Crippen LogP contribution in [0, 0.1) is 0 Å². The highest BCUT2D eigenvalue weighted by Gasteiger charge is 2.41. The van der Waals surface area contributed by atoms with Gasteiger partial charge < -0.3 is 15.1 Å². The van der Waals surface area contributed by atoms with Crippen LogP contribution in [0.5, 0.6) is 0 Å². The van der Waals surface area contributed by atoms with Crippen molar-refractivity contribution in [1.82, 2.24) is 15.1 Å². The summed E-state index contributed by atoms with van der Waals surface area (Å²) in [6, 6.07) is 7.69. The molecule has 1 aromatic rings. The first-order chi connectivity index (χ1) is 16.0. The Labute approximate surface area is 208 Å². The topological polar surface area (TPSA) is 52.7 Å². The molecule has 182 valence electrons. The predicted molar refractivity (Wildman–Crippen MR) is 139 cm³/mol. The van der Waals surface area contributed by atoms with Gasteiger partial charge in [0.05, 0.1) is 4.91 Å². The van der Waals surface area contributed by atoms with Crippen LogP contribution < -0.4 is 5.32 Å². The Bertz CT molecular complexity index is 832. The summed E-state index contributed by atoms with van der Waals surface area (Å²) in [5.41, 5.74) is 0.917. The lowest BCUT2D eigenvalue weighted by atomic mass is 9.93. The zero-order chi connectivity index (χ0) is 23.6. The summed E-state index contributed by atoms with van der Waals surface area (Å²) in [6.45, 7) is 8.33. The van der Waals surface area contributed by atoms with Crippen molar-refractivity contribution in [2.45, 2.75) is 70.1 Å². The molecule has 2 unspecified atom stereocenters. The Morgan fingerprint density at radius 2 is 2.03 bits per heavy atom. The molecule has 5 nitrogen and oxygen atoms in total. The maximum atomic E-state index is 13.4. The minimum Gasteiger partial charge on any atom is -0.355 e. The van der Waals surface area contributed by atoms with Crippen LogP contribution in [0.3, 0.4) is 0 Å². The first-order valence-electron chi connectivity index (χ1n) is 12.5. The van der Waals surface area contributed by atoms with E-state index in [1.165, 1.54) is 19.3 Å². The van der Waals surface area contributed by atoms with Gasteiger partial charge in [0.1, 0.15) is 6.54 Å². The molecule has 1 aliphatic carbocycles. The number of nitrogens with one attached hydrogen (secondary N) is 1. The Hall–Kier alpha value is -1.50. The van der Waals surface area contributed by atoms with Crippen LogP contribution in [0.1, 0.15) is 64.4 Å². The van der Waals surface area contributed by atoms with E-state index in [0.29, 0.717) is 21.7 Å². The number of hydrogen-bond donors (Lipinski definition) is 1. The lowest BCUT2D eigenvalue weighted by molar-refractivity contribution is -0.135. The third-order valence-corrected chi connectivity index (χ3v) is 8.16. The van der Waals surface area contributed by atoms with E-state index in [-0.39, 0.29) is 24.4 Å². The van der Waals surface area contributed by atoms with Crippen LogP contribution in [0.2, 0.25) is 5.02 Å². The summed E-state index contributed by atoms with van der Waals surface area (Å²) in [7, 11) is 0. The first-order valence-corrected chi connectivity index (χ1v) is 13.7. The number of hydrogen-bond acceptors (Lipinski definition) is 4. The number of thioether (sulfide) groups is 1. The molecule has 0 bridgehead atoms. The maximum Gasteiger partial charge on any atom is 0.261 e. The quantitative estimate of drug-likeness (QED) is 0.341. The number of carbonyl (C=O) groups excluding carboxylic acids is 2. The fourth-order valence-electron chi connectivity index (χ4n) is 4.66. The fraction of sp³-hybridized carbons (Fsp3) is 0.615. The van der Waals surface area contributed by atoms with Crippen molar-refractivity contribution in [3.8, 4) is 0 Å². The molecular formula is C26H38ClN3O2S. The second-order valence-corrected chi connectivity index (χ2v) is 10.7. The van der Waals surface area contributed by atoms with E-state index in [0.717, 1.165) is 50.9 Å². The molecule has 1 N–H and O–H groups in total. The summed E-state index contributed by atoms with van der Waals surface area (Å²) >= 11 is 7.81. The highest BCUT2D eigenvalue weighted by Crippen LogP contribution is 2.42. The number of benzene rings is 1. The van der Waals surface area contributed by atoms with Gasteiger partial charge >= 0.3 is 0 Å². The van der Waals surface area contributed by atoms with Gasteiger partial charge in [-0.05, 0) is 69.1 Å². The second-order valence-electron chi connectivity index (χ2n) is 9.00. The van der Waals surface area contributed by atoms with Gasteiger partial charge in [0.15, 0.2) is 0 Å². The molecule has 1 aliphatic heterocycles. The summed E-state index contributed by atoms with van der Waals surface area (Å²) < 4.78 is 0. The van der Waals surface area contributed by atoms with Gasteiger partial charge in [-0.1, -0.05) is 56.8 Å². The van der Waals surface area contributed by atoms with E-state index in [4.69, 9.17) is 11.6 Å². The van der Waals surface area contributed by atoms with Crippen molar-refractivity contribution in [2.75, 3.05) is 32.7 Å². The van der Waals surface area contributed by atoms with Gasteiger partial charge in [-0.25, -0.2) is 0 Å². The van der Waals surface area contributed by atoms with Crippen LogP contribution in [0.25, 0.3) is 6.08 Å². The number of rotatable bonds is 11. The summed E-state index contributed by atoms with van der Waals surface area (Å²) in [6.07, 6.45) is 9.61. The average molecular weight is 492 g/mol. The van der Waals surface area contributed by atoms with Crippen LogP contribution in [-0.2, 0) is 9.59 Å². The summed E-state index contributed by atoms with van der Waals surface area (Å²) in [5.74, 6) is -0.0896. The molecule has 33 heavy (non-hydrogen) atoms. The molecule has 2 fully saturated rings. The molecule has 1 aromatic carbocycles. The lowest BCUT2D eigenvalue weighted by Crippen LogP contribution is -2.54. The van der Waals surface area contributed by atoms with Gasteiger partial charge in [-0.3, -0.25) is 9.59 Å². The van der Waals surface area contributed by atoms with Crippen LogP contribution in [0.15, 0.2) is 29.2 Å². The van der Waals surface area contributed by atoms with Gasteiger partial charge in [-0.2, -0.15) is 0 Å². The molecule has 1 heterocycles. The van der Waals surface area contributed by atoms with Crippen molar-refractivity contribution < 1.29 is 9.59 Å². The Balaban J connectivity index is 1.59. The minimum absolute atomic E-state index is 0.0324. The number of amides is 2. The van der Waals surface area contributed by atoms with Crippen molar-refractivity contribution in [3.05, 3.63) is 39.8 Å². The van der Waals surface area contributed by atoms with Crippen molar-refractivity contribution in [1.29, 1.82) is 0 Å². The smallest absolute Gasteiger partial charge is 0.261 e. The summed E-state index contributed by atoms with van der Waals surface area (Å²) in [4.78, 5) is 31.1. The predicted octanol–water partition coefficient (Wildman–Crippen LogP) is 5.20. The fourth-order valence-corrected chi connectivity index (χ4v) is 6.33. The Kier molecular flexibility index (Phi) is 10.6. The molecule has 7 heteroatoms. The highest BCUT2D eigenvalue weighted by atomic mass is 35.5. The monoisotopic (exact) mass is 491 g/mol. The number of unbranched alkanes of at least 4 members (excludes halogenated alkanes) is 1. The standard InChI is InChI=1S/C26H38ClN3O2S/c1-3-5-15-29(4-2)16-9-14-28-25(31)19-30-22-12-6-7-13-23(22)33-24(26(30)32)18-20-10-8-11-21(27)17-20/h8,10-11,17-18,22-23H,3-7,9,12-16,19H2,1-2H3,(H,28,31)/b24-18+. The normalized spacial score (nSPS) is 22.0. The molecule has 2 atom stereocenters. The van der Waals surface area contributed by atoms with Crippen molar-refractivity contribution >= 4 is 41.3 Å². The second kappa shape index (κ2) is 13.4. The van der Waals surface area contributed by atoms with E-state index >= 15 is 0 Å². The third kappa shape index (κ3) is 7.76. The van der Waals surface area contributed by atoms with Crippen molar-refractivity contribution in [2.24, 2.45) is 0 Å².